The molecular weight excluding hydrogens is 387 g/mol. The summed E-state index contributed by atoms with van der Waals surface area (Å²) >= 11 is 3.40. The number of carbonyl (C=O) groups is 1. The van der Waals surface area contributed by atoms with E-state index in [1.165, 1.54) is 12.1 Å². The molecule has 1 unspecified atom stereocenters. The topological polar surface area (TPSA) is 41.6 Å². The molecule has 0 radical (unpaired) electrons. The van der Waals surface area contributed by atoms with Crippen LogP contribution < -0.4 is 10.1 Å². The van der Waals surface area contributed by atoms with E-state index in [-0.39, 0.29) is 24.3 Å². The molecule has 1 N–H and O–H groups in total. The lowest BCUT2D eigenvalue weighted by atomic mass is 10.1. The van der Waals surface area contributed by atoms with Crippen molar-refractivity contribution in [3.63, 3.8) is 0 Å². The minimum atomic E-state index is -0.327. The first kappa shape index (κ1) is 19.4. The first-order valence-corrected chi connectivity index (χ1v) is 8.85. The average molecular weight is 409 g/mol. The van der Waals surface area contributed by atoms with Crippen LogP contribution in [0.5, 0.6) is 5.75 Å². The summed E-state index contributed by atoms with van der Waals surface area (Å²) in [6.07, 6.45) is 0. The van der Waals surface area contributed by atoms with Gasteiger partial charge < -0.3 is 10.1 Å². The predicted molar refractivity (Wildman–Crippen MR) is 100 cm³/mol. The maximum atomic E-state index is 13.1. The van der Waals surface area contributed by atoms with Gasteiger partial charge in [-0.2, -0.15) is 0 Å². The van der Waals surface area contributed by atoms with E-state index in [9.17, 15) is 9.18 Å². The van der Waals surface area contributed by atoms with Crippen molar-refractivity contribution in [3.05, 3.63) is 64.4 Å². The monoisotopic (exact) mass is 408 g/mol. The molecule has 0 aliphatic heterocycles. The Labute approximate surface area is 156 Å². The van der Waals surface area contributed by atoms with Gasteiger partial charge in [-0.15, -0.1) is 0 Å². The molecule has 134 valence electrons. The second kappa shape index (κ2) is 9.53. The summed E-state index contributed by atoms with van der Waals surface area (Å²) in [7, 11) is 1.85. The average Bonchev–Trinajstić information content (AvgIpc) is 2.55. The normalized spacial score (nSPS) is 12.0. The van der Waals surface area contributed by atoms with Crippen molar-refractivity contribution in [1.29, 1.82) is 0 Å². The molecule has 0 spiro atoms. The number of nitrogens with zero attached hydrogens (tertiary/aromatic N) is 1. The molecule has 0 fully saturated rings. The highest BCUT2D eigenvalue weighted by Gasteiger charge is 2.11. The van der Waals surface area contributed by atoms with Crippen molar-refractivity contribution in [2.24, 2.45) is 0 Å². The van der Waals surface area contributed by atoms with Crippen molar-refractivity contribution in [1.82, 2.24) is 10.2 Å². The van der Waals surface area contributed by atoms with Crippen molar-refractivity contribution < 1.29 is 13.9 Å². The lowest BCUT2D eigenvalue weighted by molar-refractivity contribution is -0.122. The SMILES string of the molecule is CC(NC(=O)CN(C)CCOc1cccc(F)c1)c1ccc(Br)cc1. The van der Waals surface area contributed by atoms with Crippen molar-refractivity contribution in [2.45, 2.75) is 13.0 Å². The molecule has 2 aromatic rings. The largest absolute Gasteiger partial charge is 0.492 e. The van der Waals surface area contributed by atoms with Crippen LogP contribution in [0.3, 0.4) is 0 Å². The van der Waals surface area contributed by atoms with E-state index in [4.69, 9.17) is 4.74 Å². The van der Waals surface area contributed by atoms with Gasteiger partial charge in [-0.05, 0) is 43.8 Å². The van der Waals surface area contributed by atoms with Gasteiger partial charge in [-0.25, -0.2) is 4.39 Å². The van der Waals surface area contributed by atoms with Crippen LogP contribution in [0.1, 0.15) is 18.5 Å². The van der Waals surface area contributed by atoms with Crippen LogP contribution >= 0.6 is 15.9 Å². The number of benzene rings is 2. The summed E-state index contributed by atoms with van der Waals surface area (Å²) < 4.78 is 19.6. The van der Waals surface area contributed by atoms with Crippen LogP contribution in [0.15, 0.2) is 53.0 Å². The molecule has 4 nitrogen and oxygen atoms in total. The predicted octanol–water partition coefficient (Wildman–Crippen LogP) is 3.78. The number of likely N-dealkylation sites (N-methyl/N-ethyl adjacent to an activating group) is 1. The highest BCUT2D eigenvalue weighted by Crippen LogP contribution is 2.16. The van der Waals surface area contributed by atoms with E-state index in [0.29, 0.717) is 18.9 Å². The van der Waals surface area contributed by atoms with Crippen LogP contribution in [0, 0.1) is 5.82 Å². The van der Waals surface area contributed by atoms with Crippen LogP contribution in [0.2, 0.25) is 0 Å². The Kier molecular flexibility index (Phi) is 7.40. The van der Waals surface area contributed by atoms with Gasteiger partial charge in [0.05, 0.1) is 12.6 Å². The molecule has 1 atom stereocenters. The zero-order valence-electron chi connectivity index (χ0n) is 14.3. The third-order valence-corrected chi connectivity index (χ3v) is 4.23. The van der Waals surface area contributed by atoms with E-state index in [1.54, 1.807) is 12.1 Å². The van der Waals surface area contributed by atoms with E-state index in [1.807, 2.05) is 43.1 Å². The van der Waals surface area contributed by atoms with Gasteiger partial charge in [0.25, 0.3) is 0 Å². The number of hydrogen-bond donors (Lipinski definition) is 1. The first-order valence-electron chi connectivity index (χ1n) is 8.06. The molecular formula is C19H22BrFN2O2. The Hall–Kier alpha value is -1.92. The van der Waals surface area contributed by atoms with Gasteiger partial charge in [0.15, 0.2) is 0 Å². The Bertz CT molecular complexity index is 694. The fourth-order valence-electron chi connectivity index (χ4n) is 2.32. The summed E-state index contributed by atoms with van der Waals surface area (Å²) in [5.74, 6) is 0.109. The molecule has 0 aliphatic carbocycles. The number of rotatable bonds is 8. The lowest BCUT2D eigenvalue weighted by Gasteiger charge is -2.19. The van der Waals surface area contributed by atoms with E-state index >= 15 is 0 Å². The van der Waals surface area contributed by atoms with E-state index in [0.717, 1.165) is 10.0 Å². The fourth-order valence-corrected chi connectivity index (χ4v) is 2.59. The summed E-state index contributed by atoms with van der Waals surface area (Å²) in [4.78, 5) is 14.0. The number of hydrogen-bond acceptors (Lipinski definition) is 3. The molecule has 0 bridgehead atoms. The summed E-state index contributed by atoms with van der Waals surface area (Å²) in [6, 6.07) is 13.8. The number of nitrogens with one attached hydrogen (secondary N) is 1. The van der Waals surface area contributed by atoms with Gasteiger partial charge in [0.1, 0.15) is 18.2 Å². The summed E-state index contributed by atoms with van der Waals surface area (Å²) in [6.45, 7) is 3.17. The number of amides is 1. The molecule has 0 saturated carbocycles. The van der Waals surface area contributed by atoms with Crippen molar-refractivity contribution in [3.8, 4) is 5.75 Å². The van der Waals surface area contributed by atoms with Gasteiger partial charge in [-0.1, -0.05) is 34.1 Å². The Morgan fingerprint density at radius 1 is 1.28 bits per heavy atom. The maximum Gasteiger partial charge on any atom is 0.234 e. The van der Waals surface area contributed by atoms with E-state index in [2.05, 4.69) is 21.2 Å². The zero-order valence-corrected chi connectivity index (χ0v) is 15.9. The van der Waals surface area contributed by atoms with E-state index < -0.39 is 0 Å². The van der Waals surface area contributed by atoms with Gasteiger partial charge in [-0.3, -0.25) is 9.69 Å². The number of ether oxygens (including phenoxy) is 1. The van der Waals surface area contributed by atoms with Gasteiger partial charge in [0.2, 0.25) is 5.91 Å². The first-order chi connectivity index (χ1) is 11.9. The van der Waals surface area contributed by atoms with Crippen LogP contribution in [-0.4, -0.2) is 37.6 Å². The molecule has 2 aromatic carbocycles. The Balaban J connectivity index is 1.71. The van der Waals surface area contributed by atoms with Crippen LogP contribution in [-0.2, 0) is 4.79 Å². The Morgan fingerprint density at radius 3 is 2.68 bits per heavy atom. The van der Waals surface area contributed by atoms with Crippen molar-refractivity contribution >= 4 is 21.8 Å². The number of carbonyl (C=O) groups excluding carboxylic acids is 1. The van der Waals surface area contributed by atoms with Gasteiger partial charge in [0, 0.05) is 17.1 Å². The minimum Gasteiger partial charge on any atom is -0.492 e. The second-order valence-electron chi connectivity index (χ2n) is 5.88. The van der Waals surface area contributed by atoms with Gasteiger partial charge >= 0.3 is 0 Å². The number of halogens is 2. The van der Waals surface area contributed by atoms with Crippen LogP contribution in [0.4, 0.5) is 4.39 Å². The van der Waals surface area contributed by atoms with Crippen LogP contribution in [0.25, 0.3) is 0 Å². The minimum absolute atomic E-state index is 0.0522. The molecule has 0 aromatic heterocycles. The zero-order chi connectivity index (χ0) is 18.2. The third kappa shape index (κ3) is 6.84. The lowest BCUT2D eigenvalue weighted by Crippen LogP contribution is -2.38. The standard InChI is InChI=1S/C19H22BrFN2O2/c1-14(15-6-8-16(20)9-7-15)22-19(24)13-23(2)10-11-25-18-5-3-4-17(21)12-18/h3-9,12,14H,10-11,13H2,1-2H3,(H,22,24). The molecule has 25 heavy (non-hydrogen) atoms. The molecule has 0 saturated heterocycles. The molecule has 0 heterocycles. The summed E-state index contributed by atoms with van der Waals surface area (Å²) in [5, 5.41) is 2.98. The quantitative estimate of drug-likeness (QED) is 0.722. The Morgan fingerprint density at radius 2 is 2.00 bits per heavy atom. The molecule has 2 rings (SSSR count). The maximum absolute atomic E-state index is 13.1. The highest BCUT2D eigenvalue weighted by molar-refractivity contribution is 9.10. The summed E-state index contributed by atoms with van der Waals surface area (Å²) in [5.41, 5.74) is 1.05. The molecule has 1 amide bonds. The second-order valence-corrected chi connectivity index (χ2v) is 6.80. The highest BCUT2D eigenvalue weighted by atomic mass is 79.9. The fraction of sp³-hybridized carbons (Fsp3) is 0.316. The smallest absolute Gasteiger partial charge is 0.234 e. The molecule has 0 aliphatic rings. The molecule has 6 heteroatoms. The van der Waals surface area contributed by atoms with Crippen molar-refractivity contribution in [2.75, 3.05) is 26.7 Å². The third-order valence-electron chi connectivity index (χ3n) is 3.70.